The first-order valence-corrected chi connectivity index (χ1v) is 8.62. The largest absolute Gasteiger partial charge is 0.493 e. The van der Waals surface area contributed by atoms with E-state index in [1.807, 2.05) is 62.4 Å². The molecule has 134 valence electrons. The number of benzene rings is 2. The number of amides is 1. The number of hydrogen-bond acceptors (Lipinski definition) is 3. The molecule has 2 aromatic carbocycles. The molecule has 2 aromatic rings. The van der Waals surface area contributed by atoms with Gasteiger partial charge in [-0.25, -0.2) is 0 Å². The molecular formula is C22H24N2O2. The van der Waals surface area contributed by atoms with Crippen molar-refractivity contribution in [1.82, 2.24) is 0 Å². The van der Waals surface area contributed by atoms with Crippen LogP contribution in [0.3, 0.4) is 0 Å². The highest BCUT2D eigenvalue weighted by Crippen LogP contribution is 2.18. The van der Waals surface area contributed by atoms with Crippen LogP contribution in [-0.4, -0.2) is 12.5 Å². The maximum atomic E-state index is 12.4. The lowest BCUT2D eigenvalue weighted by molar-refractivity contribution is -0.112. The van der Waals surface area contributed by atoms with E-state index in [0.717, 1.165) is 22.4 Å². The second kappa shape index (κ2) is 8.87. The van der Waals surface area contributed by atoms with Gasteiger partial charge in [0.15, 0.2) is 0 Å². The fourth-order valence-corrected chi connectivity index (χ4v) is 2.26. The van der Waals surface area contributed by atoms with Crippen LogP contribution in [0.1, 0.15) is 30.5 Å². The first-order valence-electron chi connectivity index (χ1n) is 8.62. The highest BCUT2D eigenvalue weighted by Gasteiger charge is 2.10. The molecule has 0 heterocycles. The smallest absolute Gasteiger partial charge is 0.266 e. The number of anilines is 1. The Labute approximate surface area is 155 Å². The van der Waals surface area contributed by atoms with Crippen LogP contribution in [-0.2, 0) is 4.79 Å². The van der Waals surface area contributed by atoms with Gasteiger partial charge in [0.1, 0.15) is 17.4 Å². The predicted molar refractivity (Wildman–Crippen MR) is 105 cm³/mol. The predicted octanol–water partition coefficient (Wildman–Crippen LogP) is 4.88. The average molecular weight is 348 g/mol. The number of ether oxygens (including phenoxy) is 1. The molecule has 4 nitrogen and oxygen atoms in total. The van der Waals surface area contributed by atoms with Crippen molar-refractivity contribution in [1.29, 1.82) is 5.26 Å². The molecule has 26 heavy (non-hydrogen) atoms. The summed E-state index contributed by atoms with van der Waals surface area (Å²) in [4.78, 5) is 12.4. The molecule has 0 saturated heterocycles. The normalized spacial score (nSPS) is 11.2. The maximum Gasteiger partial charge on any atom is 0.266 e. The number of hydrogen-bond donors (Lipinski definition) is 1. The molecule has 1 amide bonds. The molecule has 0 bridgehead atoms. The second-order valence-corrected chi connectivity index (χ2v) is 6.70. The molecule has 0 atom stereocenters. The summed E-state index contributed by atoms with van der Waals surface area (Å²) in [7, 11) is 0. The van der Waals surface area contributed by atoms with E-state index >= 15 is 0 Å². The minimum atomic E-state index is -0.420. The fraction of sp³-hybridized carbons (Fsp3) is 0.273. The van der Waals surface area contributed by atoms with Crippen molar-refractivity contribution in [2.45, 2.75) is 27.7 Å². The molecule has 0 aliphatic rings. The van der Waals surface area contributed by atoms with Gasteiger partial charge in [-0.2, -0.15) is 5.26 Å². The van der Waals surface area contributed by atoms with Gasteiger partial charge in [0, 0.05) is 5.69 Å². The Morgan fingerprint density at radius 2 is 1.85 bits per heavy atom. The topological polar surface area (TPSA) is 62.1 Å². The zero-order valence-corrected chi connectivity index (χ0v) is 15.7. The standard InChI is InChI=1S/C22H24N2O2/c1-15(2)14-26-21-9-6-18(7-10-21)12-19(13-23)22(25)24-20-8-5-16(3)17(4)11-20/h5-12,15H,14H2,1-4H3,(H,24,25). The number of nitrogens with one attached hydrogen (secondary N) is 1. The van der Waals surface area contributed by atoms with Gasteiger partial charge < -0.3 is 10.1 Å². The Morgan fingerprint density at radius 1 is 1.15 bits per heavy atom. The van der Waals surface area contributed by atoms with Gasteiger partial charge >= 0.3 is 0 Å². The van der Waals surface area contributed by atoms with Gasteiger partial charge in [0.25, 0.3) is 5.91 Å². The first-order chi connectivity index (χ1) is 12.4. The molecule has 1 N–H and O–H groups in total. The molecule has 0 aliphatic carbocycles. The maximum absolute atomic E-state index is 12.4. The zero-order chi connectivity index (χ0) is 19.1. The van der Waals surface area contributed by atoms with Crippen molar-refractivity contribution in [3.05, 3.63) is 64.7 Å². The van der Waals surface area contributed by atoms with E-state index in [9.17, 15) is 10.1 Å². The molecule has 0 radical (unpaired) electrons. The molecule has 0 spiro atoms. The Hall–Kier alpha value is -3.06. The molecule has 4 heteroatoms. The van der Waals surface area contributed by atoms with Gasteiger partial charge in [-0.1, -0.05) is 32.0 Å². The molecule has 0 aromatic heterocycles. The van der Waals surface area contributed by atoms with Crippen molar-refractivity contribution in [2.24, 2.45) is 5.92 Å². The lowest BCUT2D eigenvalue weighted by Crippen LogP contribution is -2.13. The van der Waals surface area contributed by atoms with Crippen molar-refractivity contribution < 1.29 is 9.53 Å². The van der Waals surface area contributed by atoms with Gasteiger partial charge in [0.05, 0.1) is 6.61 Å². The quantitative estimate of drug-likeness (QED) is 0.597. The van der Waals surface area contributed by atoms with Crippen LogP contribution in [0.4, 0.5) is 5.69 Å². The number of nitriles is 1. The summed E-state index contributed by atoms with van der Waals surface area (Å²) in [5, 5.41) is 12.1. The van der Waals surface area contributed by atoms with E-state index in [1.54, 1.807) is 6.08 Å². The van der Waals surface area contributed by atoms with Crippen LogP contribution in [0.5, 0.6) is 5.75 Å². The third-order valence-corrected chi connectivity index (χ3v) is 3.90. The third-order valence-electron chi connectivity index (χ3n) is 3.90. The lowest BCUT2D eigenvalue weighted by atomic mass is 10.1. The summed E-state index contributed by atoms with van der Waals surface area (Å²) in [5.74, 6) is 0.804. The Kier molecular flexibility index (Phi) is 6.57. The summed E-state index contributed by atoms with van der Waals surface area (Å²) in [6.45, 7) is 8.82. The van der Waals surface area contributed by atoms with Crippen molar-refractivity contribution >= 4 is 17.7 Å². The third kappa shape index (κ3) is 5.49. The number of carbonyl (C=O) groups is 1. The molecule has 0 saturated carbocycles. The molecule has 0 aliphatic heterocycles. The summed E-state index contributed by atoms with van der Waals surface area (Å²) < 4.78 is 5.64. The van der Waals surface area contributed by atoms with Crippen molar-refractivity contribution in [2.75, 3.05) is 11.9 Å². The van der Waals surface area contributed by atoms with Crippen LogP contribution < -0.4 is 10.1 Å². The van der Waals surface area contributed by atoms with Gasteiger partial charge in [-0.05, 0) is 66.8 Å². The Balaban J connectivity index is 2.09. The second-order valence-electron chi connectivity index (χ2n) is 6.70. The highest BCUT2D eigenvalue weighted by atomic mass is 16.5. The van der Waals surface area contributed by atoms with Crippen LogP contribution in [0, 0.1) is 31.1 Å². The zero-order valence-electron chi connectivity index (χ0n) is 15.7. The van der Waals surface area contributed by atoms with E-state index in [4.69, 9.17) is 4.74 Å². The molecule has 2 rings (SSSR count). The Bertz CT molecular complexity index is 843. The van der Waals surface area contributed by atoms with Crippen LogP contribution >= 0.6 is 0 Å². The fourth-order valence-electron chi connectivity index (χ4n) is 2.26. The SMILES string of the molecule is Cc1ccc(NC(=O)C(C#N)=Cc2ccc(OCC(C)C)cc2)cc1C. The minimum Gasteiger partial charge on any atom is -0.493 e. The number of carbonyl (C=O) groups excluding carboxylic acids is 1. The van der Waals surface area contributed by atoms with Gasteiger partial charge in [-0.15, -0.1) is 0 Å². The van der Waals surface area contributed by atoms with Crippen LogP contribution in [0.25, 0.3) is 6.08 Å². The van der Waals surface area contributed by atoms with Gasteiger partial charge in [0.2, 0.25) is 0 Å². The molecular weight excluding hydrogens is 324 g/mol. The van der Waals surface area contributed by atoms with Gasteiger partial charge in [-0.3, -0.25) is 4.79 Å². The summed E-state index contributed by atoms with van der Waals surface area (Å²) in [6.07, 6.45) is 1.57. The van der Waals surface area contributed by atoms with E-state index in [-0.39, 0.29) is 5.57 Å². The monoisotopic (exact) mass is 348 g/mol. The highest BCUT2D eigenvalue weighted by molar-refractivity contribution is 6.09. The summed E-state index contributed by atoms with van der Waals surface area (Å²) in [6, 6.07) is 15.0. The van der Waals surface area contributed by atoms with Crippen LogP contribution in [0.2, 0.25) is 0 Å². The number of rotatable bonds is 6. The van der Waals surface area contributed by atoms with E-state index < -0.39 is 5.91 Å². The van der Waals surface area contributed by atoms with E-state index in [1.165, 1.54) is 0 Å². The summed E-state index contributed by atoms with van der Waals surface area (Å²) >= 11 is 0. The van der Waals surface area contributed by atoms with E-state index in [2.05, 4.69) is 19.2 Å². The van der Waals surface area contributed by atoms with Crippen molar-refractivity contribution in [3.8, 4) is 11.8 Å². The molecule has 0 fully saturated rings. The average Bonchev–Trinajstić information content (AvgIpc) is 2.61. The number of nitrogens with zero attached hydrogens (tertiary/aromatic N) is 1. The summed E-state index contributed by atoms with van der Waals surface area (Å²) in [5.41, 5.74) is 3.74. The number of aryl methyl sites for hydroxylation is 2. The lowest BCUT2D eigenvalue weighted by Gasteiger charge is -2.09. The van der Waals surface area contributed by atoms with Crippen molar-refractivity contribution in [3.63, 3.8) is 0 Å². The van der Waals surface area contributed by atoms with E-state index in [0.29, 0.717) is 18.2 Å². The minimum absolute atomic E-state index is 0.0547. The first kappa shape index (κ1) is 19.3. The Morgan fingerprint density at radius 3 is 2.42 bits per heavy atom. The van der Waals surface area contributed by atoms with Crippen LogP contribution in [0.15, 0.2) is 48.0 Å². The molecule has 0 unspecified atom stereocenters.